The van der Waals surface area contributed by atoms with Crippen LogP contribution in [0.5, 0.6) is 23.0 Å². The van der Waals surface area contributed by atoms with E-state index in [2.05, 4.69) is 0 Å². The standard InChI is InChI=1S/C33H31NO4/c1-4-11-24(25-12-7-5-8-13-25)17-16-22(2)34(29-23(3)30(35)32(37)33(38)31(29)36)28-20-18-27(19-21-28)26-14-9-6-10-15-26/h4-21,35-38H,1-3H3/b11-4-,22-16+,24-17+. The van der Waals surface area contributed by atoms with Crippen molar-refractivity contribution in [1.29, 1.82) is 0 Å². The van der Waals surface area contributed by atoms with Gasteiger partial charge in [-0.1, -0.05) is 91.0 Å². The number of benzene rings is 4. The van der Waals surface area contributed by atoms with E-state index in [1.807, 2.05) is 123 Å². The second kappa shape index (κ2) is 11.4. The van der Waals surface area contributed by atoms with Gasteiger partial charge in [0.15, 0.2) is 11.5 Å². The highest BCUT2D eigenvalue weighted by Crippen LogP contribution is 2.53. The molecule has 0 radical (unpaired) electrons. The van der Waals surface area contributed by atoms with Crippen LogP contribution in [-0.2, 0) is 0 Å². The molecule has 0 aromatic heterocycles. The summed E-state index contributed by atoms with van der Waals surface area (Å²) in [5, 5.41) is 41.9. The van der Waals surface area contributed by atoms with Crippen LogP contribution in [0.25, 0.3) is 16.7 Å². The second-order valence-corrected chi connectivity index (χ2v) is 8.91. The Morgan fingerprint density at radius 1 is 0.658 bits per heavy atom. The fourth-order valence-corrected chi connectivity index (χ4v) is 4.36. The number of allylic oxidation sites excluding steroid dienone is 6. The van der Waals surface area contributed by atoms with Crippen molar-refractivity contribution in [1.82, 2.24) is 0 Å². The van der Waals surface area contributed by atoms with Gasteiger partial charge in [-0.3, -0.25) is 0 Å². The third kappa shape index (κ3) is 5.27. The van der Waals surface area contributed by atoms with Gasteiger partial charge in [0, 0.05) is 16.9 Å². The minimum atomic E-state index is -0.781. The highest BCUT2D eigenvalue weighted by molar-refractivity contribution is 5.84. The largest absolute Gasteiger partial charge is 0.504 e. The van der Waals surface area contributed by atoms with Crippen molar-refractivity contribution in [3.63, 3.8) is 0 Å². The highest BCUT2D eigenvalue weighted by Gasteiger charge is 2.26. The van der Waals surface area contributed by atoms with Crippen molar-refractivity contribution in [3.05, 3.63) is 126 Å². The minimum absolute atomic E-state index is 0.166. The number of phenols is 4. The molecule has 0 fully saturated rings. The average molecular weight is 506 g/mol. The van der Waals surface area contributed by atoms with Crippen LogP contribution in [0.4, 0.5) is 11.4 Å². The van der Waals surface area contributed by atoms with Crippen LogP contribution in [0, 0.1) is 6.92 Å². The van der Waals surface area contributed by atoms with Crippen molar-refractivity contribution < 1.29 is 20.4 Å². The SMILES string of the molecule is C\C=C/C(=C\C=C(/C)N(c1ccc(-c2ccccc2)cc1)c1c(C)c(O)c(O)c(O)c1O)c1ccccc1. The molecule has 0 spiro atoms. The lowest BCUT2D eigenvalue weighted by molar-refractivity contribution is 0.345. The zero-order valence-electron chi connectivity index (χ0n) is 21.6. The van der Waals surface area contributed by atoms with Gasteiger partial charge in [0.1, 0.15) is 0 Å². The number of rotatable bonds is 7. The summed E-state index contributed by atoms with van der Waals surface area (Å²) in [4.78, 5) is 1.74. The maximum Gasteiger partial charge on any atom is 0.206 e. The van der Waals surface area contributed by atoms with E-state index in [1.165, 1.54) is 0 Å². The van der Waals surface area contributed by atoms with Crippen molar-refractivity contribution in [2.75, 3.05) is 4.90 Å². The molecule has 0 amide bonds. The van der Waals surface area contributed by atoms with Gasteiger partial charge in [0.05, 0.1) is 5.69 Å². The average Bonchev–Trinajstić information content (AvgIpc) is 2.96. The van der Waals surface area contributed by atoms with Gasteiger partial charge in [0.25, 0.3) is 0 Å². The predicted molar refractivity (Wildman–Crippen MR) is 155 cm³/mol. The molecular weight excluding hydrogens is 474 g/mol. The quantitative estimate of drug-likeness (QED) is 0.116. The summed E-state index contributed by atoms with van der Waals surface area (Å²) in [6, 6.07) is 27.7. The number of anilines is 2. The van der Waals surface area contributed by atoms with Gasteiger partial charge in [-0.15, -0.1) is 0 Å². The molecule has 0 aliphatic carbocycles. The van der Waals surface area contributed by atoms with E-state index in [0.29, 0.717) is 11.4 Å². The molecule has 4 N–H and O–H groups in total. The predicted octanol–water partition coefficient (Wildman–Crippen LogP) is 8.19. The van der Waals surface area contributed by atoms with Crippen molar-refractivity contribution in [2.45, 2.75) is 20.8 Å². The molecule has 38 heavy (non-hydrogen) atoms. The Morgan fingerprint density at radius 2 is 1.21 bits per heavy atom. The summed E-state index contributed by atoms with van der Waals surface area (Å²) in [7, 11) is 0. The monoisotopic (exact) mass is 505 g/mol. The van der Waals surface area contributed by atoms with E-state index < -0.39 is 23.0 Å². The van der Waals surface area contributed by atoms with E-state index in [9.17, 15) is 20.4 Å². The smallest absolute Gasteiger partial charge is 0.206 e. The molecule has 4 rings (SSSR count). The molecule has 0 atom stereocenters. The molecule has 0 saturated heterocycles. The Hall–Kier alpha value is -4.90. The van der Waals surface area contributed by atoms with Crippen LogP contribution in [0.2, 0.25) is 0 Å². The number of nitrogens with zero attached hydrogens (tertiary/aromatic N) is 1. The molecular formula is C33H31NO4. The Bertz CT molecular complexity index is 1470. The molecule has 4 aromatic rings. The number of hydrogen-bond donors (Lipinski definition) is 4. The van der Waals surface area contributed by atoms with Crippen LogP contribution in [0.15, 0.2) is 115 Å². The van der Waals surface area contributed by atoms with E-state index in [0.717, 1.165) is 22.3 Å². The van der Waals surface area contributed by atoms with Gasteiger partial charge >= 0.3 is 0 Å². The summed E-state index contributed by atoms with van der Waals surface area (Å²) in [5.74, 6) is -2.57. The van der Waals surface area contributed by atoms with Crippen molar-refractivity contribution >= 4 is 16.9 Å². The Balaban J connectivity index is 1.88. The number of hydrogen-bond acceptors (Lipinski definition) is 5. The molecule has 5 heteroatoms. The van der Waals surface area contributed by atoms with Gasteiger partial charge in [-0.25, -0.2) is 0 Å². The first kappa shape index (κ1) is 26.2. The Morgan fingerprint density at radius 3 is 1.82 bits per heavy atom. The highest BCUT2D eigenvalue weighted by atomic mass is 16.3. The third-order valence-corrected chi connectivity index (χ3v) is 6.37. The molecule has 0 bridgehead atoms. The second-order valence-electron chi connectivity index (χ2n) is 8.91. The van der Waals surface area contributed by atoms with Crippen molar-refractivity contribution in [3.8, 4) is 34.1 Å². The fraction of sp³-hybridized carbons (Fsp3) is 0.0909. The van der Waals surface area contributed by atoms with E-state index in [1.54, 1.807) is 11.8 Å². The van der Waals surface area contributed by atoms with Gasteiger partial charge in [-0.2, -0.15) is 0 Å². The van der Waals surface area contributed by atoms with Crippen LogP contribution in [0.3, 0.4) is 0 Å². The molecule has 0 aliphatic rings. The number of phenolic OH excluding ortho intramolecular Hbond substituents is 4. The third-order valence-electron chi connectivity index (χ3n) is 6.37. The Labute approximate surface area is 223 Å². The van der Waals surface area contributed by atoms with E-state index in [-0.39, 0.29) is 11.3 Å². The molecule has 0 heterocycles. The van der Waals surface area contributed by atoms with Gasteiger partial charge < -0.3 is 25.3 Å². The lowest BCUT2D eigenvalue weighted by Crippen LogP contribution is -2.16. The number of aromatic hydroxyl groups is 4. The Kier molecular flexibility index (Phi) is 7.88. The van der Waals surface area contributed by atoms with E-state index >= 15 is 0 Å². The summed E-state index contributed by atoms with van der Waals surface area (Å²) in [6.07, 6.45) is 7.86. The van der Waals surface area contributed by atoms with Crippen molar-refractivity contribution in [2.24, 2.45) is 0 Å². The molecule has 5 nitrogen and oxygen atoms in total. The first-order valence-corrected chi connectivity index (χ1v) is 12.3. The van der Waals surface area contributed by atoms with Crippen LogP contribution in [0.1, 0.15) is 25.0 Å². The van der Waals surface area contributed by atoms with Crippen LogP contribution < -0.4 is 4.90 Å². The van der Waals surface area contributed by atoms with Crippen LogP contribution in [-0.4, -0.2) is 20.4 Å². The first-order chi connectivity index (χ1) is 18.3. The van der Waals surface area contributed by atoms with Gasteiger partial charge in [0.2, 0.25) is 11.5 Å². The molecule has 0 unspecified atom stereocenters. The summed E-state index contributed by atoms with van der Waals surface area (Å²) < 4.78 is 0. The lowest BCUT2D eigenvalue weighted by atomic mass is 10.0. The maximum atomic E-state index is 10.9. The minimum Gasteiger partial charge on any atom is -0.504 e. The normalized spacial score (nSPS) is 12.2. The lowest BCUT2D eigenvalue weighted by Gasteiger charge is -2.29. The molecule has 0 saturated carbocycles. The zero-order valence-corrected chi connectivity index (χ0v) is 21.6. The summed E-state index contributed by atoms with van der Waals surface area (Å²) in [6.45, 7) is 5.41. The zero-order chi connectivity index (χ0) is 27.2. The maximum absolute atomic E-state index is 10.9. The van der Waals surface area contributed by atoms with Crippen LogP contribution >= 0.6 is 0 Å². The molecule has 192 valence electrons. The topological polar surface area (TPSA) is 84.2 Å². The molecule has 4 aromatic carbocycles. The summed E-state index contributed by atoms with van der Waals surface area (Å²) in [5.41, 5.74) is 5.92. The molecule has 0 aliphatic heterocycles. The van der Waals surface area contributed by atoms with Gasteiger partial charge in [-0.05, 0) is 61.2 Å². The van der Waals surface area contributed by atoms with E-state index in [4.69, 9.17) is 0 Å². The first-order valence-electron chi connectivity index (χ1n) is 12.3. The summed E-state index contributed by atoms with van der Waals surface area (Å²) >= 11 is 0. The fourth-order valence-electron chi connectivity index (χ4n) is 4.36.